The summed E-state index contributed by atoms with van der Waals surface area (Å²) in [4.78, 5) is 25.8. The highest BCUT2D eigenvalue weighted by Gasteiger charge is 2.14. The molecule has 0 spiro atoms. The largest absolute Gasteiger partial charge is 0.378 e. The summed E-state index contributed by atoms with van der Waals surface area (Å²) in [5.74, 6) is 0.139. The lowest BCUT2D eigenvalue weighted by Gasteiger charge is -2.07. The second-order valence-corrected chi connectivity index (χ2v) is 7.61. The molecule has 0 unspecified atom stereocenters. The molecule has 11 heteroatoms. The predicted molar refractivity (Wildman–Crippen MR) is 123 cm³/mol. The minimum atomic E-state index is -0.574. The van der Waals surface area contributed by atoms with Gasteiger partial charge in [0.05, 0.1) is 15.6 Å². The summed E-state index contributed by atoms with van der Waals surface area (Å²) >= 11 is 12.3. The van der Waals surface area contributed by atoms with Crippen molar-refractivity contribution in [1.82, 2.24) is 9.55 Å². The topological polar surface area (TPSA) is 128 Å². The van der Waals surface area contributed by atoms with Crippen molar-refractivity contribution in [3.05, 3.63) is 62.9 Å². The molecule has 0 fully saturated rings. The lowest BCUT2D eigenvalue weighted by molar-refractivity contribution is -0.384. The molecule has 0 aliphatic carbocycles. The van der Waals surface area contributed by atoms with Crippen LogP contribution in [0.4, 0.5) is 23.0 Å². The summed E-state index contributed by atoms with van der Waals surface area (Å²) in [7, 11) is 0. The van der Waals surface area contributed by atoms with E-state index in [4.69, 9.17) is 28.9 Å². The van der Waals surface area contributed by atoms with E-state index in [0.717, 1.165) is 17.5 Å². The molecule has 0 bridgehead atoms. The Morgan fingerprint density at radius 3 is 2.65 bits per heavy atom. The molecule has 3 rings (SSSR count). The molecule has 3 aromatic rings. The van der Waals surface area contributed by atoms with Crippen molar-refractivity contribution in [1.29, 1.82) is 0 Å². The molecule has 31 heavy (non-hydrogen) atoms. The van der Waals surface area contributed by atoms with Crippen LogP contribution in [-0.4, -0.2) is 26.9 Å². The van der Waals surface area contributed by atoms with E-state index in [0.29, 0.717) is 34.6 Å². The monoisotopic (exact) mass is 462 g/mol. The molecule has 0 saturated heterocycles. The number of nitrogen functional groups attached to an aromatic ring is 1. The van der Waals surface area contributed by atoms with Crippen LogP contribution >= 0.6 is 23.2 Å². The van der Waals surface area contributed by atoms with E-state index >= 15 is 0 Å². The molecule has 0 saturated carbocycles. The number of carbonyl (C=O) groups is 1. The minimum absolute atomic E-state index is 0.134. The van der Waals surface area contributed by atoms with Crippen molar-refractivity contribution in [2.45, 2.75) is 19.9 Å². The van der Waals surface area contributed by atoms with Crippen molar-refractivity contribution < 1.29 is 9.72 Å². The summed E-state index contributed by atoms with van der Waals surface area (Å²) < 4.78 is 1.95. The summed E-state index contributed by atoms with van der Waals surface area (Å²) in [6.45, 7) is 2.65. The van der Waals surface area contributed by atoms with E-state index in [2.05, 4.69) is 15.6 Å². The van der Waals surface area contributed by atoms with Gasteiger partial charge in [0.25, 0.3) is 0 Å². The number of carbonyl (C=O) groups excluding carboxylic acids is 1. The van der Waals surface area contributed by atoms with E-state index < -0.39 is 4.92 Å². The number of amides is 1. The number of hydrogen-bond acceptors (Lipinski definition) is 6. The smallest absolute Gasteiger partial charge is 0.311 e. The Balaban J connectivity index is 1.68. The highest BCUT2D eigenvalue weighted by Crippen LogP contribution is 2.36. The van der Waals surface area contributed by atoms with Crippen molar-refractivity contribution in [3.8, 4) is 11.1 Å². The third kappa shape index (κ3) is 5.65. The van der Waals surface area contributed by atoms with Gasteiger partial charge in [-0.25, -0.2) is 4.98 Å². The Morgan fingerprint density at radius 1 is 1.23 bits per heavy atom. The first-order chi connectivity index (χ1) is 14.7. The number of aromatic nitrogens is 2. The zero-order valence-electron chi connectivity index (χ0n) is 16.6. The summed E-state index contributed by atoms with van der Waals surface area (Å²) in [5.41, 5.74) is 7.57. The van der Waals surface area contributed by atoms with Crippen molar-refractivity contribution in [2.75, 3.05) is 22.9 Å². The van der Waals surface area contributed by atoms with Gasteiger partial charge in [-0.1, -0.05) is 29.3 Å². The number of nitrogens with two attached hydrogens (primary N) is 1. The number of aryl methyl sites for hydroxylation is 1. The highest BCUT2D eigenvalue weighted by atomic mass is 35.5. The van der Waals surface area contributed by atoms with Crippen LogP contribution in [0.15, 0.2) is 42.7 Å². The molecule has 9 nitrogen and oxygen atoms in total. The normalized spacial score (nSPS) is 10.7. The van der Waals surface area contributed by atoms with Crippen molar-refractivity contribution in [2.24, 2.45) is 0 Å². The van der Waals surface area contributed by atoms with E-state index in [9.17, 15) is 14.9 Å². The minimum Gasteiger partial charge on any atom is -0.378 e. The van der Waals surface area contributed by atoms with E-state index in [1.807, 2.05) is 23.0 Å². The number of hydrogen-bond donors (Lipinski definition) is 3. The number of benzene rings is 1. The fourth-order valence-electron chi connectivity index (χ4n) is 3.05. The van der Waals surface area contributed by atoms with Gasteiger partial charge >= 0.3 is 5.69 Å². The quantitative estimate of drug-likeness (QED) is 0.250. The number of halogens is 2. The van der Waals surface area contributed by atoms with Crippen molar-refractivity contribution >= 4 is 52.1 Å². The fourth-order valence-corrected chi connectivity index (χ4v) is 3.56. The van der Waals surface area contributed by atoms with Gasteiger partial charge in [-0.3, -0.25) is 14.9 Å². The molecule has 1 aromatic carbocycles. The number of nitro groups is 1. The Labute approximate surface area is 188 Å². The molecular weight excluding hydrogens is 443 g/mol. The van der Waals surface area contributed by atoms with Crippen LogP contribution in [0.5, 0.6) is 0 Å². The average molecular weight is 463 g/mol. The van der Waals surface area contributed by atoms with Crippen LogP contribution in [0.1, 0.15) is 13.3 Å². The van der Waals surface area contributed by atoms with Crippen LogP contribution in [-0.2, 0) is 11.3 Å². The number of rotatable bonds is 8. The molecule has 0 radical (unpaired) electrons. The van der Waals surface area contributed by atoms with Gasteiger partial charge in [0.2, 0.25) is 11.7 Å². The summed E-state index contributed by atoms with van der Waals surface area (Å²) in [6.07, 6.45) is 4.47. The van der Waals surface area contributed by atoms with Crippen molar-refractivity contribution in [3.63, 3.8) is 0 Å². The van der Waals surface area contributed by atoms with E-state index in [1.165, 1.54) is 19.1 Å². The van der Waals surface area contributed by atoms with Gasteiger partial charge in [-0.05, 0) is 24.6 Å². The maximum atomic E-state index is 11.6. The number of nitrogens with zero attached hydrogens (tertiary/aromatic N) is 3. The Kier molecular flexibility index (Phi) is 6.98. The van der Waals surface area contributed by atoms with Crippen LogP contribution < -0.4 is 16.4 Å². The Morgan fingerprint density at radius 2 is 2.00 bits per heavy atom. The Hall–Kier alpha value is -3.30. The van der Waals surface area contributed by atoms with Crippen LogP contribution in [0.2, 0.25) is 10.0 Å². The highest BCUT2D eigenvalue weighted by molar-refractivity contribution is 6.36. The molecule has 2 aromatic heterocycles. The third-order valence-corrected chi connectivity index (χ3v) is 4.96. The molecular formula is C20H20Cl2N6O3. The van der Waals surface area contributed by atoms with Gasteiger partial charge < -0.3 is 20.9 Å². The number of anilines is 3. The van der Waals surface area contributed by atoms with Gasteiger partial charge in [-0.15, -0.1) is 0 Å². The first-order valence-electron chi connectivity index (χ1n) is 9.32. The molecule has 1 amide bonds. The molecule has 162 valence electrons. The average Bonchev–Trinajstić information content (AvgIpc) is 3.06. The molecule has 4 N–H and O–H groups in total. The van der Waals surface area contributed by atoms with Crippen LogP contribution in [0.3, 0.4) is 0 Å². The lowest BCUT2D eigenvalue weighted by atomic mass is 10.1. The van der Waals surface area contributed by atoms with E-state index in [-0.39, 0.29) is 17.4 Å². The second-order valence-electron chi connectivity index (χ2n) is 6.77. The summed E-state index contributed by atoms with van der Waals surface area (Å²) in [6, 6.07) is 8.03. The lowest BCUT2D eigenvalue weighted by Crippen LogP contribution is -2.08. The van der Waals surface area contributed by atoms with Gasteiger partial charge in [-0.2, -0.15) is 0 Å². The van der Waals surface area contributed by atoms with Crippen LogP contribution in [0, 0.1) is 10.1 Å². The maximum absolute atomic E-state index is 11.6. The summed E-state index contributed by atoms with van der Waals surface area (Å²) in [5, 5.41) is 17.7. The molecule has 0 atom stereocenters. The Bertz CT molecular complexity index is 1130. The standard InChI is InChI=1S/C20H20Cl2N6O3/c1-12(29)25-17-11-27(10-15(17)14-4-3-13(21)9-16(14)22)8-2-7-24-19-6-5-18(28(30)31)20(23)26-19/h3-6,9-11H,2,7-8H2,1H3,(H,25,29)(H3,23,24,26). The molecule has 0 aliphatic heterocycles. The first-order valence-corrected chi connectivity index (χ1v) is 10.1. The zero-order valence-corrected chi connectivity index (χ0v) is 18.1. The van der Waals surface area contributed by atoms with Gasteiger partial charge in [0.1, 0.15) is 5.82 Å². The predicted octanol–water partition coefficient (Wildman–Crippen LogP) is 4.81. The fraction of sp³-hybridized carbons (Fsp3) is 0.200. The SMILES string of the molecule is CC(=O)Nc1cn(CCCNc2ccc([N+](=O)[O-])c(N)n2)cc1-c1ccc(Cl)cc1Cl. The molecule has 0 aliphatic rings. The molecule has 2 heterocycles. The zero-order chi connectivity index (χ0) is 22.5. The maximum Gasteiger partial charge on any atom is 0.311 e. The van der Waals surface area contributed by atoms with E-state index in [1.54, 1.807) is 12.1 Å². The van der Waals surface area contributed by atoms with Gasteiger partial charge in [0, 0.05) is 54.6 Å². The first kappa shape index (κ1) is 22.4. The number of nitrogens with one attached hydrogen (secondary N) is 2. The van der Waals surface area contributed by atoms with Crippen LogP contribution in [0.25, 0.3) is 11.1 Å². The number of pyridine rings is 1. The van der Waals surface area contributed by atoms with Gasteiger partial charge in [0.15, 0.2) is 0 Å². The third-order valence-electron chi connectivity index (χ3n) is 4.41. The second kappa shape index (κ2) is 9.67.